The number of carbonyl (C=O) groups is 1. The number of ether oxygens (including phenoxy) is 1. The molecule has 1 aromatic carbocycles. The monoisotopic (exact) mass is 205 g/mol. The Morgan fingerprint density at radius 1 is 1.60 bits per heavy atom. The van der Waals surface area contributed by atoms with Gasteiger partial charge in [0.15, 0.2) is 17.3 Å². The van der Waals surface area contributed by atoms with Crippen LogP contribution < -0.4 is 4.74 Å². The summed E-state index contributed by atoms with van der Waals surface area (Å²) >= 11 is 0. The summed E-state index contributed by atoms with van der Waals surface area (Å²) in [5.41, 5.74) is 0.467. The van der Waals surface area contributed by atoms with Gasteiger partial charge in [0, 0.05) is 5.56 Å². The SMILES string of the molecule is CCOc1c(O)cc(C(C)=O)cc1C#N. The first-order valence-electron chi connectivity index (χ1n) is 4.51. The van der Waals surface area contributed by atoms with Gasteiger partial charge in [-0.05, 0) is 26.0 Å². The van der Waals surface area contributed by atoms with Crippen LogP contribution in [0.15, 0.2) is 12.1 Å². The van der Waals surface area contributed by atoms with Gasteiger partial charge in [-0.15, -0.1) is 0 Å². The van der Waals surface area contributed by atoms with E-state index in [9.17, 15) is 9.90 Å². The molecule has 0 heterocycles. The Kier molecular flexibility index (Phi) is 3.29. The Hall–Kier alpha value is -2.02. The Morgan fingerprint density at radius 2 is 2.27 bits per heavy atom. The number of hydrogen-bond donors (Lipinski definition) is 1. The van der Waals surface area contributed by atoms with Crippen molar-refractivity contribution in [3.8, 4) is 17.6 Å². The molecule has 0 bridgehead atoms. The number of aromatic hydroxyl groups is 1. The minimum absolute atomic E-state index is 0.130. The number of nitrogens with zero attached hydrogens (tertiary/aromatic N) is 1. The molecule has 0 radical (unpaired) electrons. The molecule has 0 amide bonds. The predicted molar refractivity (Wildman–Crippen MR) is 54.0 cm³/mol. The van der Waals surface area contributed by atoms with Crippen molar-refractivity contribution in [1.82, 2.24) is 0 Å². The van der Waals surface area contributed by atoms with Gasteiger partial charge in [-0.1, -0.05) is 0 Å². The van der Waals surface area contributed by atoms with E-state index in [1.54, 1.807) is 6.92 Å². The topological polar surface area (TPSA) is 70.3 Å². The highest BCUT2D eigenvalue weighted by molar-refractivity contribution is 5.95. The second kappa shape index (κ2) is 4.47. The summed E-state index contributed by atoms with van der Waals surface area (Å²) in [4.78, 5) is 11.1. The van der Waals surface area contributed by atoms with E-state index in [4.69, 9.17) is 10.00 Å². The van der Waals surface area contributed by atoms with E-state index in [2.05, 4.69) is 0 Å². The fraction of sp³-hybridized carbons (Fsp3) is 0.273. The molecule has 1 aromatic rings. The van der Waals surface area contributed by atoms with Gasteiger partial charge in [-0.2, -0.15) is 5.26 Å². The first-order valence-corrected chi connectivity index (χ1v) is 4.51. The number of Topliss-reactive ketones (excluding diaryl/α,β-unsaturated/α-hetero) is 1. The lowest BCUT2D eigenvalue weighted by atomic mass is 10.1. The van der Waals surface area contributed by atoms with Crippen molar-refractivity contribution >= 4 is 5.78 Å². The van der Waals surface area contributed by atoms with Gasteiger partial charge in [0.1, 0.15) is 6.07 Å². The minimum Gasteiger partial charge on any atom is -0.504 e. The molecule has 15 heavy (non-hydrogen) atoms. The summed E-state index contributed by atoms with van der Waals surface area (Å²) in [5, 5.41) is 18.4. The number of phenols is 1. The van der Waals surface area contributed by atoms with Crippen LogP contribution in [0, 0.1) is 11.3 Å². The van der Waals surface area contributed by atoms with Crippen LogP contribution in [0.25, 0.3) is 0 Å². The number of benzene rings is 1. The molecular weight excluding hydrogens is 194 g/mol. The van der Waals surface area contributed by atoms with Crippen molar-refractivity contribution in [2.24, 2.45) is 0 Å². The molecule has 0 aromatic heterocycles. The van der Waals surface area contributed by atoms with E-state index in [1.165, 1.54) is 19.1 Å². The maximum atomic E-state index is 11.1. The van der Waals surface area contributed by atoms with Crippen LogP contribution in [-0.4, -0.2) is 17.5 Å². The summed E-state index contributed by atoms with van der Waals surface area (Å²) in [7, 11) is 0. The van der Waals surface area contributed by atoms with E-state index >= 15 is 0 Å². The second-order valence-electron chi connectivity index (χ2n) is 2.97. The number of carbonyl (C=O) groups excluding carboxylic acids is 1. The first kappa shape index (κ1) is 11.1. The molecule has 1 rings (SSSR count). The van der Waals surface area contributed by atoms with Crippen LogP contribution in [0.5, 0.6) is 11.5 Å². The van der Waals surface area contributed by atoms with E-state index in [0.29, 0.717) is 12.2 Å². The van der Waals surface area contributed by atoms with Crippen molar-refractivity contribution < 1.29 is 14.6 Å². The van der Waals surface area contributed by atoms with Crippen LogP contribution in [0.3, 0.4) is 0 Å². The van der Waals surface area contributed by atoms with Gasteiger partial charge in [0.25, 0.3) is 0 Å². The van der Waals surface area contributed by atoms with Gasteiger partial charge in [-0.3, -0.25) is 4.79 Å². The fourth-order valence-corrected chi connectivity index (χ4v) is 1.20. The molecule has 78 valence electrons. The summed E-state index contributed by atoms with van der Waals surface area (Å²) in [6.45, 7) is 3.47. The highest BCUT2D eigenvalue weighted by Gasteiger charge is 2.13. The molecule has 1 N–H and O–H groups in total. The second-order valence-corrected chi connectivity index (χ2v) is 2.97. The summed E-state index contributed by atoms with van der Waals surface area (Å²) in [5.74, 6) is -0.254. The first-order chi connectivity index (χ1) is 7.10. The molecule has 0 unspecified atom stereocenters. The van der Waals surface area contributed by atoms with E-state index in [0.717, 1.165) is 0 Å². The number of ketones is 1. The van der Waals surface area contributed by atoms with Gasteiger partial charge < -0.3 is 9.84 Å². The molecule has 0 saturated heterocycles. The van der Waals surface area contributed by atoms with Crippen LogP contribution in [0.1, 0.15) is 29.8 Å². The number of phenolic OH excluding ortho intramolecular Hbond substituents is 1. The van der Waals surface area contributed by atoms with E-state index in [1.807, 2.05) is 6.07 Å². The van der Waals surface area contributed by atoms with Crippen molar-refractivity contribution in [3.05, 3.63) is 23.3 Å². The average molecular weight is 205 g/mol. The largest absolute Gasteiger partial charge is 0.504 e. The lowest BCUT2D eigenvalue weighted by molar-refractivity contribution is 0.101. The molecule has 0 atom stereocenters. The number of nitriles is 1. The highest BCUT2D eigenvalue weighted by atomic mass is 16.5. The lowest BCUT2D eigenvalue weighted by Crippen LogP contribution is -1.98. The molecule has 0 fully saturated rings. The normalized spacial score (nSPS) is 9.40. The third kappa shape index (κ3) is 2.26. The fourth-order valence-electron chi connectivity index (χ4n) is 1.20. The molecule has 0 aliphatic carbocycles. The Morgan fingerprint density at radius 3 is 2.73 bits per heavy atom. The molecular formula is C11H11NO3. The van der Waals surface area contributed by atoms with Crippen molar-refractivity contribution in [3.63, 3.8) is 0 Å². The maximum Gasteiger partial charge on any atom is 0.178 e. The van der Waals surface area contributed by atoms with E-state index < -0.39 is 0 Å². The highest BCUT2D eigenvalue weighted by Crippen LogP contribution is 2.31. The van der Waals surface area contributed by atoms with Gasteiger partial charge in [-0.25, -0.2) is 0 Å². The molecule has 0 spiro atoms. The van der Waals surface area contributed by atoms with Crippen molar-refractivity contribution in [2.75, 3.05) is 6.61 Å². The van der Waals surface area contributed by atoms with Crippen LogP contribution in [0.2, 0.25) is 0 Å². The zero-order valence-electron chi connectivity index (χ0n) is 8.57. The summed E-state index contributed by atoms with van der Waals surface area (Å²) < 4.78 is 5.11. The maximum absolute atomic E-state index is 11.1. The summed E-state index contributed by atoms with van der Waals surface area (Å²) in [6.07, 6.45) is 0. The molecule has 4 heteroatoms. The Labute approximate surface area is 87.7 Å². The van der Waals surface area contributed by atoms with E-state index in [-0.39, 0.29) is 22.8 Å². The van der Waals surface area contributed by atoms with Gasteiger partial charge in [0.05, 0.1) is 12.2 Å². The van der Waals surface area contributed by atoms with Gasteiger partial charge in [0.2, 0.25) is 0 Å². The average Bonchev–Trinajstić information content (AvgIpc) is 2.20. The zero-order valence-corrected chi connectivity index (χ0v) is 8.57. The van der Waals surface area contributed by atoms with Crippen LogP contribution in [0.4, 0.5) is 0 Å². The third-order valence-corrected chi connectivity index (χ3v) is 1.88. The van der Waals surface area contributed by atoms with Gasteiger partial charge >= 0.3 is 0 Å². The van der Waals surface area contributed by atoms with Crippen LogP contribution >= 0.6 is 0 Å². The molecule has 0 saturated carbocycles. The third-order valence-electron chi connectivity index (χ3n) is 1.88. The Balaban J connectivity index is 3.32. The molecule has 4 nitrogen and oxygen atoms in total. The van der Waals surface area contributed by atoms with Crippen LogP contribution in [-0.2, 0) is 0 Å². The number of hydrogen-bond acceptors (Lipinski definition) is 4. The lowest BCUT2D eigenvalue weighted by Gasteiger charge is -2.08. The quantitative estimate of drug-likeness (QED) is 0.764. The van der Waals surface area contributed by atoms with Crippen molar-refractivity contribution in [2.45, 2.75) is 13.8 Å². The minimum atomic E-state index is -0.204. The predicted octanol–water partition coefficient (Wildman–Crippen LogP) is 1.87. The molecule has 0 aliphatic heterocycles. The smallest absolute Gasteiger partial charge is 0.178 e. The zero-order chi connectivity index (χ0) is 11.4. The standard InChI is InChI=1S/C11H11NO3/c1-3-15-11-9(6-12)4-8(7(2)13)5-10(11)14/h4-5,14H,3H2,1-2H3. The summed E-state index contributed by atoms with van der Waals surface area (Å²) in [6, 6.07) is 4.59. The number of rotatable bonds is 3. The molecule has 0 aliphatic rings. The van der Waals surface area contributed by atoms with Crippen molar-refractivity contribution in [1.29, 1.82) is 5.26 Å². The Bertz CT molecular complexity index is 432.